The monoisotopic (exact) mass is 234 g/mol. The normalized spacial score (nSPS) is 12.0. The number of nitrogens with zero attached hydrogens (tertiary/aromatic N) is 1. The molecule has 0 atom stereocenters. The highest BCUT2D eigenvalue weighted by Crippen LogP contribution is 2.21. The van der Waals surface area contributed by atoms with E-state index in [0.29, 0.717) is 19.5 Å². The molecule has 0 aliphatic carbocycles. The Morgan fingerprint density at radius 1 is 1.31 bits per heavy atom. The van der Waals surface area contributed by atoms with Crippen LogP contribution in [-0.4, -0.2) is 17.3 Å². The Bertz CT molecular complexity index is 304. The molecule has 0 fully saturated rings. The number of halogens is 3. The summed E-state index contributed by atoms with van der Waals surface area (Å²) in [5, 5.41) is 3.13. The van der Waals surface area contributed by atoms with Gasteiger partial charge in [0.25, 0.3) is 0 Å². The lowest BCUT2D eigenvalue weighted by Crippen LogP contribution is -2.17. The molecule has 0 unspecified atom stereocenters. The highest BCUT2D eigenvalue weighted by Gasteiger charge is 2.25. The maximum atomic E-state index is 11.8. The first-order valence-corrected chi connectivity index (χ1v) is 5.37. The van der Waals surface area contributed by atoms with Crippen LogP contribution in [0.3, 0.4) is 0 Å². The molecule has 0 bridgehead atoms. The van der Waals surface area contributed by atoms with E-state index >= 15 is 0 Å². The Kier molecular flexibility index (Phi) is 4.86. The molecule has 0 amide bonds. The van der Waals surface area contributed by atoms with Crippen molar-refractivity contribution in [2.75, 3.05) is 6.54 Å². The molecule has 0 aliphatic heterocycles. The van der Waals surface area contributed by atoms with Crippen molar-refractivity contribution in [3.63, 3.8) is 0 Å². The van der Waals surface area contributed by atoms with Crippen molar-refractivity contribution in [2.45, 2.75) is 32.0 Å². The zero-order valence-electron chi connectivity index (χ0n) is 9.35. The molecule has 1 rings (SSSR count). The third-order valence-corrected chi connectivity index (χ3v) is 2.42. The fourth-order valence-electron chi connectivity index (χ4n) is 1.47. The highest BCUT2D eigenvalue weighted by atomic mass is 19.4. The SMILES string of the molecule is Cn1cccc1CNCCCCC(F)(F)F. The van der Waals surface area contributed by atoms with Crippen molar-refractivity contribution in [2.24, 2.45) is 7.05 Å². The van der Waals surface area contributed by atoms with Crippen molar-refractivity contribution >= 4 is 0 Å². The molecule has 1 heterocycles. The Morgan fingerprint density at radius 2 is 2.06 bits per heavy atom. The van der Waals surface area contributed by atoms with Gasteiger partial charge in [-0.3, -0.25) is 0 Å². The zero-order valence-corrected chi connectivity index (χ0v) is 9.35. The molecule has 1 N–H and O–H groups in total. The van der Waals surface area contributed by atoms with Gasteiger partial charge in [0.15, 0.2) is 0 Å². The molecule has 1 aromatic heterocycles. The molecule has 16 heavy (non-hydrogen) atoms. The summed E-state index contributed by atoms with van der Waals surface area (Å²) in [5.74, 6) is 0. The van der Waals surface area contributed by atoms with Gasteiger partial charge >= 0.3 is 6.18 Å². The van der Waals surface area contributed by atoms with Crippen molar-refractivity contribution in [1.29, 1.82) is 0 Å². The molecule has 0 saturated heterocycles. The smallest absolute Gasteiger partial charge is 0.353 e. The maximum Gasteiger partial charge on any atom is 0.389 e. The Labute approximate surface area is 93.5 Å². The van der Waals surface area contributed by atoms with Crippen LogP contribution in [0.2, 0.25) is 0 Å². The van der Waals surface area contributed by atoms with E-state index in [4.69, 9.17) is 0 Å². The van der Waals surface area contributed by atoms with Gasteiger partial charge < -0.3 is 9.88 Å². The highest BCUT2D eigenvalue weighted by molar-refractivity contribution is 5.05. The first-order valence-electron chi connectivity index (χ1n) is 5.37. The average Bonchev–Trinajstić information content (AvgIpc) is 2.56. The van der Waals surface area contributed by atoms with Crippen molar-refractivity contribution in [3.05, 3.63) is 24.0 Å². The standard InChI is InChI=1S/C11H17F3N2/c1-16-8-4-5-10(16)9-15-7-3-2-6-11(12,13)14/h4-5,8,15H,2-3,6-7,9H2,1H3. The second-order valence-corrected chi connectivity index (χ2v) is 3.86. The van der Waals surface area contributed by atoms with Gasteiger partial charge in [-0.1, -0.05) is 0 Å². The number of hydrogen-bond donors (Lipinski definition) is 1. The first-order chi connectivity index (χ1) is 7.49. The van der Waals surface area contributed by atoms with Crippen LogP contribution in [0, 0.1) is 0 Å². The molecule has 5 heteroatoms. The quantitative estimate of drug-likeness (QED) is 0.749. The average molecular weight is 234 g/mol. The van der Waals surface area contributed by atoms with Crippen LogP contribution >= 0.6 is 0 Å². The molecular formula is C11H17F3N2. The van der Waals surface area contributed by atoms with E-state index in [-0.39, 0.29) is 6.42 Å². The van der Waals surface area contributed by atoms with Gasteiger partial charge in [-0.15, -0.1) is 0 Å². The van der Waals surface area contributed by atoms with E-state index < -0.39 is 12.6 Å². The second kappa shape index (κ2) is 5.94. The van der Waals surface area contributed by atoms with E-state index in [9.17, 15) is 13.2 Å². The van der Waals surface area contributed by atoms with Gasteiger partial charge in [-0.25, -0.2) is 0 Å². The minimum absolute atomic E-state index is 0.198. The van der Waals surface area contributed by atoms with Crippen molar-refractivity contribution in [1.82, 2.24) is 9.88 Å². The van der Waals surface area contributed by atoms with Crippen LogP contribution in [0.5, 0.6) is 0 Å². The topological polar surface area (TPSA) is 17.0 Å². The molecule has 92 valence electrons. The summed E-state index contributed by atoms with van der Waals surface area (Å²) in [6, 6.07) is 3.93. The minimum Gasteiger partial charge on any atom is -0.353 e. The Hall–Kier alpha value is -0.970. The number of aromatic nitrogens is 1. The zero-order chi connectivity index (χ0) is 12.0. The summed E-state index contributed by atoms with van der Waals surface area (Å²) >= 11 is 0. The fraction of sp³-hybridized carbons (Fsp3) is 0.636. The maximum absolute atomic E-state index is 11.8. The predicted molar refractivity (Wildman–Crippen MR) is 57.0 cm³/mol. The number of aryl methyl sites for hydroxylation is 1. The number of hydrogen-bond acceptors (Lipinski definition) is 1. The largest absolute Gasteiger partial charge is 0.389 e. The van der Waals surface area contributed by atoms with E-state index in [1.807, 2.05) is 29.9 Å². The summed E-state index contributed by atoms with van der Waals surface area (Å²) in [6.07, 6.45) is -1.99. The predicted octanol–water partition coefficient (Wildman–Crippen LogP) is 2.85. The lowest BCUT2D eigenvalue weighted by molar-refractivity contribution is -0.135. The molecule has 1 aromatic rings. The number of alkyl halides is 3. The van der Waals surface area contributed by atoms with Crippen LogP contribution in [0.15, 0.2) is 18.3 Å². The van der Waals surface area contributed by atoms with Crippen LogP contribution in [0.4, 0.5) is 13.2 Å². The van der Waals surface area contributed by atoms with Crippen molar-refractivity contribution in [3.8, 4) is 0 Å². The van der Waals surface area contributed by atoms with Gasteiger partial charge in [0.2, 0.25) is 0 Å². The van der Waals surface area contributed by atoms with E-state index in [1.54, 1.807) is 0 Å². The summed E-state index contributed by atoms with van der Waals surface area (Å²) in [7, 11) is 1.95. The summed E-state index contributed by atoms with van der Waals surface area (Å²) in [6.45, 7) is 1.33. The van der Waals surface area contributed by atoms with E-state index in [1.165, 1.54) is 0 Å². The van der Waals surface area contributed by atoms with Crippen LogP contribution < -0.4 is 5.32 Å². The van der Waals surface area contributed by atoms with Gasteiger partial charge in [0, 0.05) is 31.9 Å². The second-order valence-electron chi connectivity index (χ2n) is 3.86. The van der Waals surface area contributed by atoms with Gasteiger partial charge in [-0.05, 0) is 31.5 Å². The Balaban J connectivity index is 2.03. The van der Waals surface area contributed by atoms with E-state index in [2.05, 4.69) is 5.32 Å². The molecular weight excluding hydrogens is 217 g/mol. The lowest BCUT2D eigenvalue weighted by atomic mass is 10.2. The molecule has 0 aliphatic rings. The minimum atomic E-state index is -4.02. The van der Waals surface area contributed by atoms with Crippen LogP contribution in [-0.2, 0) is 13.6 Å². The third kappa shape index (κ3) is 5.21. The molecule has 0 aromatic carbocycles. The Morgan fingerprint density at radius 3 is 2.62 bits per heavy atom. The van der Waals surface area contributed by atoms with Gasteiger partial charge in [0.1, 0.15) is 0 Å². The fourth-order valence-corrected chi connectivity index (χ4v) is 1.47. The molecule has 0 radical (unpaired) electrons. The summed E-state index contributed by atoms with van der Waals surface area (Å²) in [4.78, 5) is 0. The number of rotatable bonds is 6. The van der Waals surface area contributed by atoms with Gasteiger partial charge in [0.05, 0.1) is 0 Å². The third-order valence-electron chi connectivity index (χ3n) is 2.42. The summed E-state index contributed by atoms with van der Waals surface area (Å²) in [5.41, 5.74) is 1.14. The lowest BCUT2D eigenvalue weighted by Gasteiger charge is -2.07. The number of unbranched alkanes of at least 4 members (excludes halogenated alkanes) is 1. The molecule has 2 nitrogen and oxygen atoms in total. The summed E-state index contributed by atoms with van der Waals surface area (Å²) < 4.78 is 37.4. The van der Waals surface area contributed by atoms with E-state index in [0.717, 1.165) is 5.69 Å². The van der Waals surface area contributed by atoms with Gasteiger partial charge in [-0.2, -0.15) is 13.2 Å². The molecule has 0 spiro atoms. The van der Waals surface area contributed by atoms with Crippen LogP contribution in [0.1, 0.15) is 25.0 Å². The van der Waals surface area contributed by atoms with Crippen molar-refractivity contribution < 1.29 is 13.2 Å². The van der Waals surface area contributed by atoms with Crippen LogP contribution in [0.25, 0.3) is 0 Å². The molecule has 0 saturated carbocycles. The number of nitrogens with one attached hydrogen (secondary N) is 1. The first kappa shape index (κ1) is 13.1.